The standard InChI is InChI=1S/C24H32N2O4S.CH2O/c1-7-21(15-17(2)3)30-24(31-25-5)22(16-19-9-11-20(28)12-10-19)18(4)23(29)26(6)13-8-14-27;1-2/h7,9-12,15,25,27-28H,1-2,4,8,13-14,16H2,3,5-6H3;1H2/b21-15+,24-22-;. The van der Waals surface area contributed by atoms with Crippen molar-refractivity contribution in [2.75, 3.05) is 27.2 Å². The van der Waals surface area contributed by atoms with E-state index in [-0.39, 0.29) is 23.8 Å². The fourth-order valence-electron chi connectivity index (χ4n) is 2.61. The van der Waals surface area contributed by atoms with Crippen molar-refractivity contribution in [3.8, 4) is 5.75 Å². The highest BCUT2D eigenvalue weighted by Gasteiger charge is 2.22. The van der Waals surface area contributed by atoms with E-state index in [9.17, 15) is 9.90 Å². The first-order chi connectivity index (χ1) is 15.7. The maximum absolute atomic E-state index is 13.0. The third kappa shape index (κ3) is 10.9. The van der Waals surface area contributed by atoms with Crippen molar-refractivity contribution in [2.24, 2.45) is 0 Å². The average molecular weight is 475 g/mol. The molecule has 0 bridgehead atoms. The lowest BCUT2D eigenvalue weighted by Gasteiger charge is -2.22. The van der Waals surface area contributed by atoms with Gasteiger partial charge in [0.1, 0.15) is 18.3 Å². The van der Waals surface area contributed by atoms with Crippen molar-refractivity contribution in [3.63, 3.8) is 0 Å². The predicted octanol–water partition coefficient (Wildman–Crippen LogP) is 3.89. The van der Waals surface area contributed by atoms with E-state index >= 15 is 0 Å². The van der Waals surface area contributed by atoms with E-state index in [1.54, 1.807) is 50.5 Å². The third-order valence-corrected chi connectivity index (χ3v) is 4.90. The van der Waals surface area contributed by atoms with E-state index in [2.05, 4.69) is 24.5 Å². The molecule has 0 radical (unpaired) electrons. The first kappa shape index (κ1) is 29.9. The third-order valence-electron chi connectivity index (χ3n) is 4.18. The molecule has 0 aliphatic heterocycles. The lowest BCUT2D eigenvalue weighted by Crippen LogP contribution is -2.30. The number of likely N-dealkylation sites (N-methyl/N-ethyl adjacent to an activating group) is 1. The maximum Gasteiger partial charge on any atom is 0.253 e. The highest BCUT2D eigenvalue weighted by Crippen LogP contribution is 2.30. The van der Waals surface area contributed by atoms with Crippen LogP contribution < -0.4 is 4.72 Å². The number of ether oxygens (including phenoxy) is 1. The minimum Gasteiger partial charge on any atom is -0.508 e. The van der Waals surface area contributed by atoms with Crippen LogP contribution in [-0.2, 0) is 20.7 Å². The van der Waals surface area contributed by atoms with Crippen LogP contribution in [0.25, 0.3) is 0 Å². The number of aliphatic hydroxyl groups excluding tert-OH is 1. The van der Waals surface area contributed by atoms with E-state index in [0.29, 0.717) is 35.8 Å². The Morgan fingerprint density at radius 1 is 1.24 bits per heavy atom. The van der Waals surface area contributed by atoms with Gasteiger partial charge in [0, 0.05) is 37.8 Å². The molecule has 0 unspecified atom stereocenters. The summed E-state index contributed by atoms with van der Waals surface area (Å²) in [5, 5.41) is 19.1. The zero-order chi connectivity index (χ0) is 25.4. The molecule has 1 amide bonds. The Kier molecular flexibility index (Phi) is 15.0. The Morgan fingerprint density at radius 2 is 1.85 bits per heavy atom. The van der Waals surface area contributed by atoms with Gasteiger partial charge in [-0.25, -0.2) is 0 Å². The highest BCUT2D eigenvalue weighted by molar-refractivity contribution is 8.01. The van der Waals surface area contributed by atoms with E-state index in [1.807, 2.05) is 13.7 Å². The minimum absolute atomic E-state index is 0.00133. The molecule has 1 aromatic rings. The topological polar surface area (TPSA) is 99.1 Å². The Hall–Kier alpha value is -3.07. The molecular weight excluding hydrogens is 440 g/mol. The molecule has 8 heteroatoms. The Morgan fingerprint density at radius 3 is 2.33 bits per heavy atom. The summed E-state index contributed by atoms with van der Waals surface area (Å²) < 4.78 is 9.08. The van der Waals surface area contributed by atoms with Gasteiger partial charge in [0.05, 0.1) is 0 Å². The lowest BCUT2D eigenvalue weighted by molar-refractivity contribution is -0.125. The van der Waals surface area contributed by atoms with Gasteiger partial charge in [-0.1, -0.05) is 37.4 Å². The van der Waals surface area contributed by atoms with Gasteiger partial charge >= 0.3 is 0 Å². The van der Waals surface area contributed by atoms with Crippen molar-refractivity contribution in [2.45, 2.75) is 19.8 Å². The zero-order valence-electron chi connectivity index (χ0n) is 19.6. The smallest absolute Gasteiger partial charge is 0.253 e. The van der Waals surface area contributed by atoms with Gasteiger partial charge in [-0.15, -0.1) is 0 Å². The second-order valence-electron chi connectivity index (χ2n) is 6.90. The fourth-order valence-corrected chi connectivity index (χ4v) is 3.25. The molecule has 33 heavy (non-hydrogen) atoms. The van der Waals surface area contributed by atoms with Crippen molar-refractivity contribution in [1.29, 1.82) is 0 Å². The molecule has 7 nitrogen and oxygen atoms in total. The number of allylic oxidation sites excluding steroid dienone is 3. The molecule has 180 valence electrons. The summed E-state index contributed by atoms with van der Waals surface area (Å²) in [7, 11) is 3.42. The van der Waals surface area contributed by atoms with Crippen LogP contribution in [0.4, 0.5) is 0 Å². The van der Waals surface area contributed by atoms with Crippen molar-refractivity contribution < 1.29 is 24.5 Å². The minimum atomic E-state index is -0.260. The maximum atomic E-state index is 13.0. The normalized spacial score (nSPS) is 11.5. The number of amides is 1. The molecule has 0 saturated heterocycles. The molecule has 0 aromatic heterocycles. The van der Waals surface area contributed by atoms with Crippen LogP contribution in [0, 0.1) is 0 Å². The summed E-state index contributed by atoms with van der Waals surface area (Å²) in [6.45, 7) is 16.0. The molecule has 0 aliphatic carbocycles. The summed E-state index contributed by atoms with van der Waals surface area (Å²) in [6.07, 6.45) is 4.16. The number of rotatable bonds is 13. The SMILES string of the molecule is C=C/C(=C\C(=C)C)O/C(SNC)=C(\Cc1ccc(O)cc1)C(=C)C(=O)N(C)CCCO.C=O. The number of benzene rings is 1. The van der Waals surface area contributed by atoms with Crippen LogP contribution in [-0.4, -0.2) is 55.1 Å². The van der Waals surface area contributed by atoms with Crippen LogP contribution >= 0.6 is 11.9 Å². The fraction of sp³-hybridized carbons (Fsp3) is 0.280. The van der Waals surface area contributed by atoms with Crippen LogP contribution in [0.5, 0.6) is 5.75 Å². The number of aromatic hydroxyl groups is 1. The number of hydrogen-bond donors (Lipinski definition) is 3. The van der Waals surface area contributed by atoms with Crippen molar-refractivity contribution in [3.05, 3.63) is 89.3 Å². The van der Waals surface area contributed by atoms with E-state index in [4.69, 9.17) is 14.6 Å². The second-order valence-corrected chi connectivity index (χ2v) is 7.88. The molecule has 0 saturated carbocycles. The lowest BCUT2D eigenvalue weighted by atomic mass is 9.99. The Labute approximate surface area is 201 Å². The summed E-state index contributed by atoms with van der Waals surface area (Å²) in [4.78, 5) is 22.5. The van der Waals surface area contributed by atoms with Gasteiger partial charge in [-0.05, 0) is 62.2 Å². The van der Waals surface area contributed by atoms with E-state index in [1.165, 1.54) is 16.8 Å². The molecule has 0 heterocycles. The number of phenols is 1. The van der Waals surface area contributed by atoms with Gasteiger partial charge in [0.2, 0.25) is 0 Å². The highest BCUT2D eigenvalue weighted by atomic mass is 32.2. The number of hydrogen-bond acceptors (Lipinski definition) is 7. The monoisotopic (exact) mass is 474 g/mol. The number of carbonyl (C=O) groups is 2. The van der Waals surface area contributed by atoms with Gasteiger partial charge in [-0.2, -0.15) is 0 Å². The van der Waals surface area contributed by atoms with Gasteiger partial charge in [0.15, 0.2) is 5.09 Å². The van der Waals surface area contributed by atoms with Crippen molar-refractivity contribution >= 4 is 24.6 Å². The first-order valence-electron chi connectivity index (χ1n) is 10.1. The number of nitrogens with zero attached hydrogens (tertiary/aromatic N) is 1. The largest absolute Gasteiger partial charge is 0.508 e. The summed E-state index contributed by atoms with van der Waals surface area (Å²) in [5.74, 6) is 0.388. The molecule has 1 rings (SSSR count). The van der Waals surface area contributed by atoms with Gasteiger partial charge in [-0.3, -0.25) is 9.52 Å². The van der Waals surface area contributed by atoms with Crippen LogP contribution in [0.1, 0.15) is 18.9 Å². The summed E-state index contributed by atoms with van der Waals surface area (Å²) in [6, 6.07) is 6.74. The van der Waals surface area contributed by atoms with E-state index in [0.717, 1.165) is 11.1 Å². The number of aliphatic hydroxyl groups is 1. The van der Waals surface area contributed by atoms with Crippen LogP contribution in [0.3, 0.4) is 0 Å². The molecule has 3 N–H and O–H groups in total. The molecular formula is C25H34N2O5S. The molecule has 0 fully saturated rings. The zero-order valence-corrected chi connectivity index (χ0v) is 20.4. The number of carbonyl (C=O) groups excluding carboxylic acids is 2. The Bertz CT molecular complexity index is 875. The number of phenolic OH excluding ortho intramolecular Hbond substituents is 1. The van der Waals surface area contributed by atoms with Crippen molar-refractivity contribution in [1.82, 2.24) is 9.62 Å². The quantitative estimate of drug-likeness (QED) is 0.173. The molecule has 0 atom stereocenters. The molecule has 1 aromatic carbocycles. The summed E-state index contributed by atoms with van der Waals surface area (Å²) >= 11 is 1.22. The molecule has 0 aliphatic rings. The molecule has 0 spiro atoms. The second kappa shape index (κ2) is 16.5. The average Bonchev–Trinajstić information content (AvgIpc) is 2.81. The van der Waals surface area contributed by atoms with E-state index < -0.39 is 0 Å². The van der Waals surface area contributed by atoms with Gasteiger partial charge in [0.25, 0.3) is 5.91 Å². The van der Waals surface area contributed by atoms with Gasteiger partial charge < -0.3 is 24.6 Å². The number of nitrogens with one attached hydrogen (secondary N) is 1. The predicted molar refractivity (Wildman–Crippen MR) is 135 cm³/mol. The summed E-state index contributed by atoms with van der Waals surface area (Å²) in [5.41, 5.74) is 2.55. The van der Waals surface area contributed by atoms with Crippen LogP contribution in [0.2, 0.25) is 0 Å². The van der Waals surface area contributed by atoms with Crippen LogP contribution in [0.15, 0.2) is 83.7 Å². The Balaban J connectivity index is 0.00000497. The first-order valence-corrected chi connectivity index (χ1v) is 10.9.